The lowest BCUT2D eigenvalue weighted by Crippen LogP contribution is -2.27. The van der Waals surface area contributed by atoms with Gasteiger partial charge in [0.15, 0.2) is 5.71 Å². The lowest BCUT2D eigenvalue weighted by Gasteiger charge is -2.10. The SMILES string of the molecule is CC1=NN(c2ccc([N+](=O)[O-])cc2)C(=O)/C1=N\O. The van der Waals surface area contributed by atoms with Gasteiger partial charge < -0.3 is 5.21 Å². The molecule has 0 aliphatic carbocycles. The van der Waals surface area contributed by atoms with Crippen LogP contribution in [0.4, 0.5) is 11.4 Å². The van der Waals surface area contributed by atoms with Crippen LogP contribution in [0.15, 0.2) is 34.5 Å². The molecule has 1 aliphatic heterocycles. The van der Waals surface area contributed by atoms with Crippen LogP contribution in [0.1, 0.15) is 6.92 Å². The number of nitro benzene ring substituents is 1. The molecule has 0 atom stereocenters. The highest BCUT2D eigenvalue weighted by Crippen LogP contribution is 2.22. The van der Waals surface area contributed by atoms with Gasteiger partial charge in [0, 0.05) is 12.1 Å². The number of hydrogen-bond acceptors (Lipinski definition) is 6. The minimum Gasteiger partial charge on any atom is -0.410 e. The van der Waals surface area contributed by atoms with Gasteiger partial charge in [-0.15, -0.1) is 0 Å². The monoisotopic (exact) mass is 248 g/mol. The van der Waals surface area contributed by atoms with Crippen molar-refractivity contribution in [3.63, 3.8) is 0 Å². The summed E-state index contributed by atoms with van der Waals surface area (Å²) in [5.41, 5.74) is 0.417. The summed E-state index contributed by atoms with van der Waals surface area (Å²) in [6.07, 6.45) is 0. The molecule has 0 radical (unpaired) electrons. The number of non-ortho nitro benzene ring substituents is 1. The molecule has 0 fully saturated rings. The molecule has 0 saturated carbocycles. The minimum atomic E-state index is -0.580. The predicted octanol–water partition coefficient (Wildman–Crippen LogP) is 1.15. The van der Waals surface area contributed by atoms with Crippen molar-refractivity contribution < 1.29 is 14.9 Å². The Morgan fingerprint density at radius 1 is 1.39 bits per heavy atom. The number of oxime groups is 1. The third kappa shape index (κ3) is 1.79. The molecule has 92 valence electrons. The maximum absolute atomic E-state index is 11.8. The number of hydrogen-bond donors (Lipinski definition) is 1. The van der Waals surface area contributed by atoms with Crippen LogP contribution in [0.5, 0.6) is 0 Å². The third-order valence-electron chi connectivity index (χ3n) is 2.39. The van der Waals surface area contributed by atoms with Gasteiger partial charge in [-0.1, -0.05) is 5.16 Å². The van der Waals surface area contributed by atoms with Gasteiger partial charge in [0.25, 0.3) is 5.69 Å². The van der Waals surface area contributed by atoms with Crippen LogP contribution in [0, 0.1) is 10.1 Å². The molecule has 0 unspecified atom stereocenters. The zero-order valence-electron chi connectivity index (χ0n) is 9.27. The Morgan fingerprint density at radius 2 is 2.00 bits per heavy atom. The molecule has 0 saturated heterocycles. The summed E-state index contributed by atoms with van der Waals surface area (Å²) in [5, 5.41) is 26.9. The van der Waals surface area contributed by atoms with Gasteiger partial charge >= 0.3 is 5.91 Å². The Hall–Kier alpha value is -2.77. The number of amides is 1. The Kier molecular flexibility index (Phi) is 2.76. The summed E-state index contributed by atoms with van der Waals surface area (Å²) in [6, 6.07) is 5.32. The molecule has 1 amide bonds. The van der Waals surface area contributed by atoms with Crippen LogP contribution in [-0.4, -0.2) is 27.5 Å². The highest BCUT2D eigenvalue weighted by molar-refractivity contribution is 6.71. The van der Waals surface area contributed by atoms with Crippen LogP contribution in [-0.2, 0) is 4.79 Å². The highest BCUT2D eigenvalue weighted by Gasteiger charge is 2.31. The Bertz CT molecular complexity index is 576. The van der Waals surface area contributed by atoms with Gasteiger partial charge in [0.05, 0.1) is 16.3 Å². The largest absolute Gasteiger partial charge is 0.410 e. The summed E-state index contributed by atoms with van der Waals surface area (Å²) in [4.78, 5) is 21.7. The number of nitrogens with zero attached hydrogens (tertiary/aromatic N) is 4. The quantitative estimate of drug-likeness (QED) is 0.481. The van der Waals surface area contributed by atoms with Crippen molar-refractivity contribution >= 4 is 28.7 Å². The van der Waals surface area contributed by atoms with E-state index < -0.39 is 10.8 Å². The second-order valence-electron chi connectivity index (χ2n) is 3.52. The standard InChI is InChI=1S/C10H8N4O4/c1-6-9(12-16)10(15)13(11-6)7-2-4-8(5-3-7)14(17)18/h2-5,16H,1H3/b12-9-. The zero-order valence-corrected chi connectivity index (χ0v) is 9.27. The van der Waals surface area contributed by atoms with E-state index >= 15 is 0 Å². The molecular weight excluding hydrogens is 240 g/mol. The predicted molar refractivity (Wildman–Crippen MR) is 62.9 cm³/mol. The highest BCUT2D eigenvalue weighted by atomic mass is 16.6. The number of carbonyl (C=O) groups is 1. The second-order valence-corrected chi connectivity index (χ2v) is 3.52. The number of rotatable bonds is 2. The summed E-state index contributed by atoms with van der Waals surface area (Å²) in [5.74, 6) is -0.580. The fraction of sp³-hybridized carbons (Fsp3) is 0.100. The van der Waals surface area contributed by atoms with Crippen molar-refractivity contribution in [2.45, 2.75) is 6.92 Å². The van der Waals surface area contributed by atoms with E-state index in [2.05, 4.69) is 10.3 Å². The summed E-state index contributed by atoms with van der Waals surface area (Å²) in [7, 11) is 0. The second kappa shape index (κ2) is 4.24. The smallest absolute Gasteiger partial charge is 0.302 e. The van der Waals surface area contributed by atoms with E-state index in [0.29, 0.717) is 5.69 Å². The average Bonchev–Trinajstić information content (AvgIpc) is 2.64. The molecule has 1 aromatic rings. The first kappa shape index (κ1) is 11.7. The first-order valence-electron chi connectivity index (χ1n) is 4.91. The number of hydrazone groups is 1. The maximum Gasteiger partial charge on any atom is 0.302 e. The zero-order chi connectivity index (χ0) is 13.3. The fourth-order valence-electron chi connectivity index (χ4n) is 1.50. The van der Waals surface area contributed by atoms with Crippen LogP contribution in [0.25, 0.3) is 0 Å². The molecule has 2 rings (SSSR count). The van der Waals surface area contributed by atoms with Gasteiger partial charge in [-0.25, -0.2) is 0 Å². The van der Waals surface area contributed by atoms with Crippen molar-refractivity contribution in [1.82, 2.24) is 0 Å². The molecule has 1 aliphatic rings. The summed E-state index contributed by atoms with van der Waals surface area (Å²) >= 11 is 0. The van der Waals surface area contributed by atoms with Gasteiger partial charge in [0.2, 0.25) is 0 Å². The van der Waals surface area contributed by atoms with E-state index in [4.69, 9.17) is 5.21 Å². The van der Waals surface area contributed by atoms with Gasteiger partial charge in [-0.05, 0) is 19.1 Å². The van der Waals surface area contributed by atoms with Crippen molar-refractivity contribution in [1.29, 1.82) is 0 Å². The van der Waals surface area contributed by atoms with Crippen LogP contribution >= 0.6 is 0 Å². The lowest BCUT2D eigenvalue weighted by atomic mass is 10.2. The fourth-order valence-corrected chi connectivity index (χ4v) is 1.50. The molecule has 0 spiro atoms. The average molecular weight is 248 g/mol. The van der Waals surface area contributed by atoms with Crippen molar-refractivity contribution in [2.24, 2.45) is 10.3 Å². The normalized spacial score (nSPS) is 17.2. The number of benzene rings is 1. The van der Waals surface area contributed by atoms with Crippen LogP contribution < -0.4 is 5.01 Å². The van der Waals surface area contributed by atoms with Crippen molar-refractivity contribution in [3.8, 4) is 0 Å². The molecule has 1 heterocycles. The van der Waals surface area contributed by atoms with Crippen molar-refractivity contribution in [2.75, 3.05) is 5.01 Å². The molecule has 1 N–H and O–H groups in total. The van der Waals surface area contributed by atoms with E-state index in [1.807, 2.05) is 0 Å². The molecule has 8 nitrogen and oxygen atoms in total. The Labute approximate surface area is 101 Å². The number of nitro groups is 1. The molecule has 1 aromatic carbocycles. The van der Waals surface area contributed by atoms with Crippen molar-refractivity contribution in [3.05, 3.63) is 34.4 Å². The molecule has 0 bridgehead atoms. The first-order valence-corrected chi connectivity index (χ1v) is 4.91. The van der Waals surface area contributed by atoms with Gasteiger partial charge in [0.1, 0.15) is 0 Å². The maximum atomic E-state index is 11.8. The topological polar surface area (TPSA) is 108 Å². The lowest BCUT2D eigenvalue weighted by molar-refractivity contribution is -0.384. The van der Waals surface area contributed by atoms with E-state index in [-0.39, 0.29) is 17.1 Å². The van der Waals surface area contributed by atoms with E-state index in [1.54, 1.807) is 0 Å². The Balaban J connectivity index is 2.34. The Morgan fingerprint density at radius 3 is 2.44 bits per heavy atom. The number of anilines is 1. The number of carbonyl (C=O) groups excluding carboxylic acids is 1. The van der Waals surface area contributed by atoms with E-state index in [0.717, 1.165) is 5.01 Å². The van der Waals surface area contributed by atoms with Crippen LogP contribution in [0.3, 0.4) is 0 Å². The van der Waals surface area contributed by atoms with E-state index in [9.17, 15) is 14.9 Å². The third-order valence-corrected chi connectivity index (χ3v) is 2.39. The molecule has 8 heteroatoms. The van der Waals surface area contributed by atoms with Crippen LogP contribution in [0.2, 0.25) is 0 Å². The molecular formula is C10H8N4O4. The van der Waals surface area contributed by atoms with E-state index in [1.165, 1.54) is 31.2 Å². The molecule has 18 heavy (non-hydrogen) atoms. The molecule has 0 aromatic heterocycles. The minimum absolute atomic E-state index is 0.0813. The van der Waals surface area contributed by atoms with Gasteiger partial charge in [-0.3, -0.25) is 14.9 Å². The first-order chi connectivity index (χ1) is 8.54. The summed E-state index contributed by atoms with van der Waals surface area (Å²) in [6.45, 7) is 1.53. The van der Waals surface area contributed by atoms with Gasteiger partial charge in [-0.2, -0.15) is 10.1 Å². The summed E-state index contributed by atoms with van der Waals surface area (Å²) < 4.78 is 0.